The van der Waals surface area contributed by atoms with E-state index in [4.69, 9.17) is 4.74 Å². The van der Waals surface area contributed by atoms with Crippen LogP contribution in [0.3, 0.4) is 0 Å². The maximum Gasteiger partial charge on any atom is 0.243 e. The lowest BCUT2D eigenvalue weighted by Gasteiger charge is -2.44. The van der Waals surface area contributed by atoms with Crippen molar-refractivity contribution >= 4 is 21.6 Å². The van der Waals surface area contributed by atoms with Gasteiger partial charge in [-0.3, -0.25) is 9.10 Å². The van der Waals surface area contributed by atoms with Crippen LogP contribution in [0.15, 0.2) is 24.3 Å². The monoisotopic (exact) mass is 366 g/mol. The highest BCUT2D eigenvalue weighted by Gasteiger charge is 2.37. The van der Waals surface area contributed by atoms with Gasteiger partial charge in [-0.1, -0.05) is 30.5 Å². The average Bonchev–Trinajstić information content (AvgIpc) is 2.59. The normalized spacial score (nSPS) is 23.8. The van der Waals surface area contributed by atoms with Crippen LogP contribution in [0.1, 0.15) is 31.2 Å². The maximum absolute atomic E-state index is 12.9. The Labute approximate surface area is 149 Å². The van der Waals surface area contributed by atoms with Gasteiger partial charge in [-0.25, -0.2) is 8.42 Å². The van der Waals surface area contributed by atoms with Gasteiger partial charge in [0.25, 0.3) is 0 Å². The van der Waals surface area contributed by atoms with Crippen LogP contribution in [0.4, 0.5) is 5.69 Å². The first-order valence-electron chi connectivity index (χ1n) is 8.82. The van der Waals surface area contributed by atoms with Crippen LogP contribution in [0.2, 0.25) is 0 Å². The highest BCUT2D eigenvalue weighted by molar-refractivity contribution is 7.92. The van der Waals surface area contributed by atoms with E-state index in [9.17, 15) is 13.2 Å². The van der Waals surface area contributed by atoms with E-state index in [2.05, 4.69) is 0 Å². The Hall–Kier alpha value is -1.60. The third kappa shape index (κ3) is 4.15. The molecule has 0 N–H and O–H groups in total. The van der Waals surface area contributed by atoms with Crippen molar-refractivity contribution in [1.29, 1.82) is 0 Å². The molecule has 1 aromatic rings. The summed E-state index contributed by atoms with van der Waals surface area (Å²) in [6, 6.07) is 7.27. The number of aryl methyl sites for hydroxylation is 1. The zero-order valence-corrected chi connectivity index (χ0v) is 15.7. The van der Waals surface area contributed by atoms with Crippen LogP contribution < -0.4 is 4.31 Å². The molecule has 1 saturated heterocycles. The Balaban J connectivity index is 1.79. The van der Waals surface area contributed by atoms with E-state index in [1.165, 1.54) is 4.31 Å². The Morgan fingerprint density at radius 1 is 1.24 bits per heavy atom. The second kappa shape index (κ2) is 7.33. The molecule has 2 fully saturated rings. The van der Waals surface area contributed by atoms with Gasteiger partial charge in [0.05, 0.1) is 30.7 Å². The number of hydrogen-bond donors (Lipinski definition) is 0. The third-order valence-electron chi connectivity index (χ3n) is 5.05. The summed E-state index contributed by atoms with van der Waals surface area (Å²) in [7, 11) is -3.54. The number of morpholine rings is 1. The maximum atomic E-state index is 12.9. The second-order valence-electron chi connectivity index (χ2n) is 6.95. The molecule has 0 aromatic heterocycles. The van der Waals surface area contributed by atoms with Gasteiger partial charge in [-0.05, 0) is 31.9 Å². The SMILES string of the molecule is Cc1ccc(N(CC(=O)N2CCO[C@@H]3CCCC[C@H]32)S(C)(=O)=O)cc1. The number of carbonyl (C=O) groups is 1. The third-order valence-corrected chi connectivity index (χ3v) is 6.19. The Morgan fingerprint density at radius 2 is 1.92 bits per heavy atom. The summed E-state index contributed by atoms with van der Waals surface area (Å²) < 4.78 is 31.5. The number of rotatable bonds is 4. The highest BCUT2D eigenvalue weighted by Crippen LogP contribution is 2.29. The molecule has 0 spiro atoms. The molecule has 2 atom stereocenters. The minimum atomic E-state index is -3.54. The van der Waals surface area contributed by atoms with Crippen LogP contribution >= 0.6 is 0 Å². The predicted octanol–water partition coefficient (Wildman–Crippen LogP) is 1.93. The zero-order chi connectivity index (χ0) is 18.0. The number of benzene rings is 1. The predicted molar refractivity (Wildman–Crippen MR) is 97.1 cm³/mol. The molecule has 7 heteroatoms. The summed E-state index contributed by atoms with van der Waals surface area (Å²) >= 11 is 0. The summed E-state index contributed by atoms with van der Waals surface area (Å²) in [6.45, 7) is 2.84. The summed E-state index contributed by atoms with van der Waals surface area (Å²) in [5, 5.41) is 0. The lowest BCUT2D eigenvalue weighted by molar-refractivity contribution is -0.147. The lowest BCUT2D eigenvalue weighted by atomic mass is 9.90. The Kier molecular flexibility index (Phi) is 5.34. The first kappa shape index (κ1) is 18.2. The number of ether oxygens (including phenoxy) is 1. The first-order valence-corrected chi connectivity index (χ1v) is 10.7. The summed E-state index contributed by atoms with van der Waals surface area (Å²) in [4.78, 5) is 14.7. The van der Waals surface area contributed by atoms with Gasteiger partial charge in [-0.15, -0.1) is 0 Å². The van der Waals surface area contributed by atoms with Gasteiger partial charge in [0.15, 0.2) is 0 Å². The molecule has 2 aliphatic rings. The van der Waals surface area contributed by atoms with Crippen molar-refractivity contribution in [1.82, 2.24) is 4.90 Å². The fourth-order valence-corrected chi connectivity index (χ4v) is 4.58. The number of sulfonamides is 1. The zero-order valence-electron chi connectivity index (χ0n) is 14.8. The molecule has 3 rings (SSSR count). The van der Waals surface area contributed by atoms with E-state index in [1.54, 1.807) is 12.1 Å². The van der Waals surface area contributed by atoms with Gasteiger partial charge in [0.1, 0.15) is 6.54 Å². The van der Waals surface area contributed by atoms with Crippen molar-refractivity contribution in [3.63, 3.8) is 0 Å². The number of carbonyl (C=O) groups excluding carboxylic acids is 1. The number of amides is 1. The number of hydrogen-bond acceptors (Lipinski definition) is 4. The Bertz CT molecular complexity index is 715. The van der Waals surface area contributed by atoms with Crippen molar-refractivity contribution in [2.75, 3.05) is 30.3 Å². The van der Waals surface area contributed by atoms with Crippen LogP contribution in [-0.2, 0) is 19.6 Å². The van der Waals surface area contributed by atoms with Crippen molar-refractivity contribution in [2.45, 2.75) is 44.8 Å². The van der Waals surface area contributed by atoms with Crippen LogP contribution in [0, 0.1) is 6.92 Å². The first-order chi connectivity index (χ1) is 11.9. The van der Waals surface area contributed by atoms with E-state index in [1.807, 2.05) is 24.0 Å². The Morgan fingerprint density at radius 3 is 2.60 bits per heavy atom. The molecule has 0 bridgehead atoms. The van der Waals surface area contributed by atoms with E-state index < -0.39 is 10.0 Å². The van der Waals surface area contributed by atoms with Gasteiger partial charge in [0.2, 0.25) is 15.9 Å². The van der Waals surface area contributed by atoms with Crippen molar-refractivity contribution in [2.24, 2.45) is 0 Å². The molecule has 1 amide bonds. The average molecular weight is 366 g/mol. The molecule has 1 aliphatic carbocycles. The van der Waals surface area contributed by atoms with E-state index in [0.717, 1.165) is 37.5 Å². The molecular weight excluding hydrogens is 340 g/mol. The number of nitrogens with zero attached hydrogens (tertiary/aromatic N) is 2. The van der Waals surface area contributed by atoms with E-state index >= 15 is 0 Å². The minimum Gasteiger partial charge on any atom is -0.374 e. The summed E-state index contributed by atoms with van der Waals surface area (Å²) in [6.07, 6.45) is 5.35. The molecule has 25 heavy (non-hydrogen) atoms. The standard InChI is InChI=1S/C18H26N2O4S/c1-14-7-9-15(10-8-14)20(25(2,22)23)13-18(21)19-11-12-24-17-6-4-3-5-16(17)19/h7-10,16-17H,3-6,11-13H2,1-2H3/t16-,17-/m1/s1. The fourth-order valence-electron chi connectivity index (χ4n) is 3.73. The van der Waals surface area contributed by atoms with Crippen LogP contribution in [-0.4, -0.2) is 57.3 Å². The van der Waals surface area contributed by atoms with Crippen molar-refractivity contribution in [3.8, 4) is 0 Å². The molecule has 138 valence electrons. The van der Waals surface area contributed by atoms with Gasteiger partial charge in [-0.2, -0.15) is 0 Å². The van der Waals surface area contributed by atoms with Crippen molar-refractivity contribution in [3.05, 3.63) is 29.8 Å². The molecule has 1 saturated carbocycles. The molecular formula is C18H26N2O4S. The number of fused-ring (bicyclic) bond motifs is 1. The molecule has 1 aromatic carbocycles. The quantitative estimate of drug-likeness (QED) is 0.817. The minimum absolute atomic E-state index is 0.0782. The van der Waals surface area contributed by atoms with Gasteiger partial charge >= 0.3 is 0 Å². The van der Waals surface area contributed by atoms with Gasteiger partial charge < -0.3 is 9.64 Å². The molecule has 0 unspecified atom stereocenters. The molecule has 0 radical (unpaired) electrons. The number of anilines is 1. The highest BCUT2D eigenvalue weighted by atomic mass is 32.2. The van der Waals surface area contributed by atoms with Crippen molar-refractivity contribution < 1.29 is 17.9 Å². The molecule has 1 heterocycles. The molecule has 1 aliphatic heterocycles. The van der Waals surface area contributed by atoms with Gasteiger partial charge in [0, 0.05) is 6.54 Å². The fraction of sp³-hybridized carbons (Fsp3) is 0.611. The topological polar surface area (TPSA) is 66.9 Å². The summed E-state index contributed by atoms with van der Waals surface area (Å²) in [5.74, 6) is -0.147. The largest absolute Gasteiger partial charge is 0.374 e. The summed E-state index contributed by atoms with van der Waals surface area (Å²) in [5.41, 5.74) is 1.57. The van der Waals surface area contributed by atoms with Crippen LogP contribution in [0.25, 0.3) is 0 Å². The second-order valence-corrected chi connectivity index (χ2v) is 8.86. The van der Waals surface area contributed by atoms with E-state index in [-0.39, 0.29) is 24.6 Å². The lowest BCUT2D eigenvalue weighted by Crippen LogP contribution is -2.57. The smallest absolute Gasteiger partial charge is 0.243 e. The van der Waals surface area contributed by atoms with E-state index in [0.29, 0.717) is 18.8 Å². The molecule has 6 nitrogen and oxygen atoms in total. The van der Waals surface area contributed by atoms with Crippen LogP contribution in [0.5, 0.6) is 0 Å².